The van der Waals surface area contributed by atoms with Crippen molar-refractivity contribution in [2.45, 2.75) is 62.9 Å². The van der Waals surface area contributed by atoms with Gasteiger partial charge in [-0.1, -0.05) is 0 Å². The predicted octanol–water partition coefficient (Wildman–Crippen LogP) is 6.32. The second-order valence-corrected chi connectivity index (χ2v) is 24.1. The number of hydrogen-bond donors (Lipinski definition) is 3. The molecule has 5 aliphatic heterocycles. The number of piperidine rings is 2. The van der Waals surface area contributed by atoms with Crippen molar-refractivity contribution in [3.63, 3.8) is 0 Å². The van der Waals surface area contributed by atoms with E-state index < -0.39 is 30.9 Å². The number of anilines is 6. The third-order valence-corrected chi connectivity index (χ3v) is 17.2. The van der Waals surface area contributed by atoms with Crippen LogP contribution in [0.1, 0.15) is 77.1 Å². The molecule has 1 saturated carbocycles. The Bertz CT molecular complexity index is 3010. The van der Waals surface area contributed by atoms with Gasteiger partial charge in [0.1, 0.15) is 30.3 Å². The fraction of sp³-hybridized carbons (Fsp3) is 0.451. The summed E-state index contributed by atoms with van der Waals surface area (Å²) in [6, 6.07) is 13.1. The average molecular weight is 1050 g/mol. The van der Waals surface area contributed by atoms with Gasteiger partial charge in [-0.3, -0.25) is 44.3 Å². The molecule has 18 nitrogen and oxygen atoms in total. The molecule has 20 heteroatoms. The lowest BCUT2D eigenvalue weighted by Crippen LogP contribution is -2.54. The monoisotopic (exact) mass is 1040 g/mol. The first-order valence-corrected chi connectivity index (χ1v) is 28.1. The highest BCUT2D eigenvalue weighted by atomic mass is 79.9. The number of fused-ring (bicyclic) bond motifs is 2. The van der Waals surface area contributed by atoms with Gasteiger partial charge in [-0.05, 0) is 122 Å². The number of hydrogen-bond acceptors (Lipinski definition) is 16. The molecular weight excluding hydrogens is 988 g/mol. The van der Waals surface area contributed by atoms with Crippen LogP contribution in [0.5, 0.6) is 5.75 Å². The first-order chi connectivity index (χ1) is 34.3. The van der Waals surface area contributed by atoms with Gasteiger partial charge in [-0.2, -0.15) is 4.98 Å². The van der Waals surface area contributed by atoms with E-state index in [1.807, 2.05) is 18.2 Å². The van der Waals surface area contributed by atoms with E-state index >= 15 is 0 Å². The Morgan fingerprint density at radius 1 is 0.803 bits per heavy atom. The van der Waals surface area contributed by atoms with E-state index in [1.165, 1.54) is 11.3 Å². The minimum Gasteiger partial charge on any atom is -0.494 e. The molecule has 0 bridgehead atoms. The second-order valence-electron chi connectivity index (χ2n) is 20.1. The van der Waals surface area contributed by atoms with Crippen molar-refractivity contribution in [2.24, 2.45) is 5.92 Å². The SMILES string of the molecule is COc1cc(N2CCC(N3CCN(CC4CCN(c5ccc6c(c5)C(=O)N(C5CCC(=O)NC5=O)C6=O)C4)CC3)CC2)c(C2CC2)cc1Nc1ncc(Br)c(Nc2ccc3nccnc3c2P(C)(C)=O)n1. The molecule has 5 fully saturated rings. The maximum Gasteiger partial charge on any atom is 0.262 e. The normalized spacial score (nSPS) is 21.5. The molecule has 2 unspecified atom stereocenters. The van der Waals surface area contributed by atoms with Gasteiger partial charge < -0.3 is 34.6 Å². The van der Waals surface area contributed by atoms with E-state index in [9.17, 15) is 23.7 Å². The number of imide groups is 2. The highest BCUT2D eigenvalue weighted by molar-refractivity contribution is 9.10. The summed E-state index contributed by atoms with van der Waals surface area (Å²) in [6.07, 6.45) is 10.7. The van der Waals surface area contributed by atoms with Crippen LogP contribution in [0, 0.1) is 5.92 Å². The lowest BCUT2D eigenvalue weighted by atomic mass is 9.98. The van der Waals surface area contributed by atoms with E-state index in [1.54, 1.807) is 51.2 Å². The van der Waals surface area contributed by atoms with Gasteiger partial charge in [0.25, 0.3) is 11.8 Å². The Morgan fingerprint density at radius 2 is 1.56 bits per heavy atom. The van der Waals surface area contributed by atoms with Crippen LogP contribution in [0.15, 0.2) is 65.5 Å². The van der Waals surface area contributed by atoms with Crippen molar-refractivity contribution in [3.05, 3.63) is 82.2 Å². The Hall–Kier alpha value is -6.01. The molecule has 4 amide bonds. The molecule has 7 heterocycles. The zero-order valence-electron chi connectivity index (χ0n) is 40.2. The van der Waals surface area contributed by atoms with Crippen LogP contribution >= 0.6 is 23.1 Å². The lowest BCUT2D eigenvalue weighted by Gasteiger charge is -2.44. The van der Waals surface area contributed by atoms with Crippen molar-refractivity contribution in [1.82, 2.24) is 40.0 Å². The number of ether oxygens (including phenoxy) is 1. The van der Waals surface area contributed by atoms with Gasteiger partial charge in [-0.15, -0.1) is 0 Å². The second kappa shape index (κ2) is 19.2. The van der Waals surface area contributed by atoms with Gasteiger partial charge >= 0.3 is 0 Å². The van der Waals surface area contributed by atoms with E-state index in [4.69, 9.17) is 9.72 Å². The number of benzene rings is 3. The Morgan fingerprint density at radius 3 is 2.31 bits per heavy atom. The Balaban J connectivity index is 0.688. The molecule has 4 saturated heterocycles. The fourth-order valence-electron chi connectivity index (χ4n) is 11.3. The molecule has 2 atom stereocenters. The van der Waals surface area contributed by atoms with Crippen molar-refractivity contribution in [1.29, 1.82) is 0 Å². The first kappa shape index (κ1) is 47.3. The minimum atomic E-state index is -2.78. The maximum atomic E-state index is 13.6. The quantitative estimate of drug-likeness (QED) is 0.0874. The van der Waals surface area contributed by atoms with E-state index in [0.29, 0.717) is 67.3 Å². The standard InChI is InChI=1S/C51H58BrN12O6P/c1-70-43-26-42(35(31-4-5-31)25-40(43)57-51-55-27-37(52)47(59-51)56-39-9-8-38-45(54-16-15-53-38)46(39)71(2,3)69)62-18-13-32(14-19-62)61-22-20-60(21-23-61)28-30-12-17-63(29-30)33-6-7-34-36(24-33)50(68)64(49(34)67)41-10-11-44(65)58-48(41)66/h6-9,15-16,24-27,30-32,41H,4-5,10-14,17-23,28-29H2,1-3H3,(H,58,65,66)(H2,55,56,57,59). The smallest absolute Gasteiger partial charge is 0.262 e. The van der Waals surface area contributed by atoms with Crippen LogP contribution < -0.4 is 35.8 Å². The number of carbonyl (C=O) groups excluding carboxylic acids is 4. The molecular formula is C51H58BrN12O6P. The summed E-state index contributed by atoms with van der Waals surface area (Å²) in [5.41, 5.74) is 6.84. The molecule has 0 radical (unpaired) electrons. The van der Waals surface area contributed by atoms with Crippen molar-refractivity contribution in [2.75, 3.05) is 99.8 Å². The number of methoxy groups -OCH3 is 1. The number of halogens is 1. The van der Waals surface area contributed by atoms with Crippen LogP contribution in [0.3, 0.4) is 0 Å². The predicted molar refractivity (Wildman–Crippen MR) is 277 cm³/mol. The highest BCUT2D eigenvalue weighted by Gasteiger charge is 2.45. The van der Waals surface area contributed by atoms with Gasteiger partial charge in [0.05, 0.1) is 44.9 Å². The summed E-state index contributed by atoms with van der Waals surface area (Å²) < 4.78 is 20.3. The molecule has 2 aromatic heterocycles. The summed E-state index contributed by atoms with van der Waals surface area (Å²) in [6.45, 7) is 12.4. The summed E-state index contributed by atoms with van der Waals surface area (Å²) in [7, 11) is -1.08. The molecule has 5 aromatic rings. The number of piperazine rings is 1. The summed E-state index contributed by atoms with van der Waals surface area (Å²) >= 11 is 3.62. The summed E-state index contributed by atoms with van der Waals surface area (Å²) in [4.78, 5) is 80.5. The Kier molecular flexibility index (Phi) is 12.8. The zero-order chi connectivity index (χ0) is 49.1. The number of aromatic nitrogens is 4. The van der Waals surface area contributed by atoms with Crippen molar-refractivity contribution >= 4 is 97.6 Å². The first-order valence-electron chi connectivity index (χ1n) is 24.7. The molecule has 11 rings (SSSR count). The largest absolute Gasteiger partial charge is 0.494 e. The van der Waals surface area contributed by atoms with Gasteiger partial charge in [0, 0.05) is 107 Å². The molecule has 3 aromatic carbocycles. The zero-order valence-corrected chi connectivity index (χ0v) is 42.7. The lowest BCUT2D eigenvalue weighted by molar-refractivity contribution is -0.136. The van der Waals surface area contributed by atoms with Crippen LogP contribution in [0.25, 0.3) is 11.0 Å². The molecule has 0 spiro atoms. The maximum absolute atomic E-state index is 13.6. The number of nitrogens with zero attached hydrogens (tertiary/aromatic N) is 9. The number of nitrogens with one attached hydrogen (secondary N) is 3. The topological polar surface area (TPSA) is 198 Å². The van der Waals surface area contributed by atoms with Crippen molar-refractivity contribution < 1.29 is 28.5 Å². The van der Waals surface area contributed by atoms with Crippen LogP contribution in [0.4, 0.5) is 34.5 Å². The number of rotatable bonds is 13. The number of carbonyl (C=O) groups is 4. The van der Waals surface area contributed by atoms with E-state index in [-0.39, 0.29) is 18.7 Å². The minimum absolute atomic E-state index is 0.0963. The third kappa shape index (κ3) is 9.49. The molecule has 6 aliphatic rings. The van der Waals surface area contributed by atoms with Crippen molar-refractivity contribution in [3.8, 4) is 5.75 Å². The van der Waals surface area contributed by atoms with E-state index in [2.05, 4.69) is 78.6 Å². The average Bonchev–Trinajstić information content (AvgIpc) is 4.06. The van der Waals surface area contributed by atoms with Gasteiger partial charge in [-0.25, -0.2) is 4.98 Å². The summed E-state index contributed by atoms with van der Waals surface area (Å²) in [5.74, 6) is 0.686. The summed E-state index contributed by atoms with van der Waals surface area (Å²) in [5, 5.41) is 9.74. The molecule has 1 aliphatic carbocycles. The Labute approximate surface area is 420 Å². The van der Waals surface area contributed by atoms with Crippen LogP contribution in [-0.4, -0.2) is 150 Å². The fourth-order valence-corrected chi connectivity index (χ4v) is 13.0. The molecule has 370 valence electrons. The van der Waals surface area contributed by atoms with Crippen LogP contribution in [-0.2, 0) is 14.2 Å². The van der Waals surface area contributed by atoms with Crippen LogP contribution in [0.2, 0.25) is 0 Å². The molecule has 71 heavy (non-hydrogen) atoms. The highest BCUT2D eigenvalue weighted by Crippen LogP contribution is 2.49. The van der Waals surface area contributed by atoms with Gasteiger partial charge in [0.2, 0.25) is 17.8 Å². The van der Waals surface area contributed by atoms with E-state index in [0.717, 1.165) is 113 Å². The van der Waals surface area contributed by atoms with Gasteiger partial charge in [0.15, 0.2) is 0 Å². The number of amides is 4. The third-order valence-electron chi connectivity index (χ3n) is 15.1. The molecule has 3 N–H and O–H groups in total.